The van der Waals surface area contributed by atoms with Crippen LogP contribution in [0.3, 0.4) is 0 Å². The SMILES string of the molecule is CC1(C)C[C@H](CCNCc2cccc(S(=O)(=O)NC(=O)c3ccc(-n4ccc(OCCC5C6(CC6)C56CC6)n4)nc3Cl)n2)CN1C(=O)O. The third-order valence-corrected chi connectivity index (χ3v) is 12.4. The van der Waals surface area contributed by atoms with Crippen LogP contribution in [0.2, 0.25) is 5.15 Å². The molecule has 3 saturated carbocycles. The average molecular weight is 698 g/mol. The van der Waals surface area contributed by atoms with E-state index in [9.17, 15) is 23.1 Å². The number of nitrogens with one attached hydrogen (secondary N) is 2. The van der Waals surface area contributed by atoms with Crippen molar-refractivity contribution < 1.29 is 27.9 Å². The first-order valence-corrected chi connectivity index (χ1v) is 18.3. The van der Waals surface area contributed by atoms with Crippen LogP contribution in [0.1, 0.15) is 74.8 Å². The molecule has 3 aromatic heterocycles. The van der Waals surface area contributed by atoms with Gasteiger partial charge in [0.25, 0.3) is 15.9 Å². The highest BCUT2D eigenvalue weighted by Crippen LogP contribution is 2.93. The number of nitrogens with zero attached hydrogens (tertiary/aromatic N) is 5. The summed E-state index contributed by atoms with van der Waals surface area (Å²) in [5, 5.41) is 16.6. The molecule has 0 unspecified atom stereocenters. The van der Waals surface area contributed by atoms with Crippen molar-refractivity contribution in [2.24, 2.45) is 22.7 Å². The van der Waals surface area contributed by atoms with Crippen LogP contribution in [0.5, 0.6) is 5.88 Å². The van der Waals surface area contributed by atoms with Gasteiger partial charge in [-0.15, -0.1) is 5.10 Å². The number of pyridine rings is 2. The molecule has 0 bridgehead atoms. The zero-order valence-corrected chi connectivity index (χ0v) is 28.6. The second kappa shape index (κ2) is 12.0. The van der Waals surface area contributed by atoms with Crippen molar-refractivity contribution in [3.05, 3.63) is 59.0 Å². The third-order valence-electron chi connectivity index (χ3n) is 10.9. The Labute approximate surface area is 284 Å². The van der Waals surface area contributed by atoms with Gasteiger partial charge in [-0.1, -0.05) is 17.7 Å². The highest BCUT2D eigenvalue weighted by Gasteiger charge is 2.85. The summed E-state index contributed by atoms with van der Waals surface area (Å²) in [6, 6.07) is 9.21. The standard InChI is InChI=1S/C33H40ClN7O6S/c1-31(2)18-21(20-40(31)30(43)44)8-15-35-19-22-4-3-5-27(36-22)48(45,46)39-29(42)23-6-7-25(37-28(23)34)41-16-9-26(38-41)47-17-10-24-32(11-12-32)33(24)13-14-33/h3-7,9,16,21,24,35H,8,10-15,17-20H2,1-2H3,(H,39,42)(H,43,44)/t21-/m0/s1. The highest BCUT2D eigenvalue weighted by molar-refractivity contribution is 7.90. The summed E-state index contributed by atoms with van der Waals surface area (Å²) in [5.41, 5.74) is 1.24. The number of aromatic nitrogens is 4. The second-order valence-corrected chi connectivity index (χ2v) is 16.2. The summed E-state index contributed by atoms with van der Waals surface area (Å²) in [7, 11) is -4.31. The van der Waals surface area contributed by atoms with Crippen molar-refractivity contribution in [2.75, 3.05) is 19.7 Å². The lowest BCUT2D eigenvalue weighted by molar-refractivity contribution is 0.0980. The Kier molecular flexibility index (Phi) is 8.19. The lowest BCUT2D eigenvalue weighted by atomic mass is 9.94. The number of carbonyl (C=O) groups excluding carboxylic acids is 1. The normalized spacial score (nSPS) is 21.4. The number of rotatable bonds is 13. The number of halogens is 1. The van der Waals surface area contributed by atoms with Gasteiger partial charge in [0.1, 0.15) is 5.15 Å². The number of amides is 2. The molecule has 3 N–H and O–H groups in total. The maximum absolute atomic E-state index is 13.1. The molecule has 256 valence electrons. The lowest BCUT2D eigenvalue weighted by Gasteiger charge is -2.28. The molecular weight excluding hydrogens is 658 g/mol. The fourth-order valence-corrected chi connectivity index (χ4v) is 9.43. The van der Waals surface area contributed by atoms with Crippen LogP contribution in [0.4, 0.5) is 4.79 Å². The number of likely N-dealkylation sites (tertiary alicyclic amines) is 1. The number of ether oxygens (including phenoxy) is 1. The van der Waals surface area contributed by atoms with Crippen LogP contribution in [0.15, 0.2) is 47.6 Å². The van der Waals surface area contributed by atoms with E-state index in [1.807, 2.05) is 18.6 Å². The number of hydrogen-bond acceptors (Lipinski definition) is 9. The van der Waals surface area contributed by atoms with Crippen LogP contribution in [-0.2, 0) is 16.6 Å². The Balaban J connectivity index is 0.900. The predicted octanol–water partition coefficient (Wildman–Crippen LogP) is 4.65. The minimum absolute atomic E-state index is 0.116. The number of sulfonamides is 1. The van der Waals surface area contributed by atoms with Crippen molar-refractivity contribution >= 4 is 33.6 Å². The van der Waals surface area contributed by atoms with Crippen molar-refractivity contribution in [2.45, 2.75) is 75.9 Å². The summed E-state index contributed by atoms with van der Waals surface area (Å²) in [4.78, 5) is 34.4. The molecule has 4 fully saturated rings. The first-order valence-electron chi connectivity index (χ1n) is 16.4. The van der Waals surface area contributed by atoms with E-state index in [2.05, 4.69) is 20.4 Å². The highest BCUT2D eigenvalue weighted by atomic mass is 35.5. The van der Waals surface area contributed by atoms with E-state index in [-0.39, 0.29) is 21.7 Å². The van der Waals surface area contributed by atoms with Gasteiger partial charge in [0.15, 0.2) is 10.8 Å². The molecule has 3 aromatic rings. The first kappa shape index (κ1) is 32.8. The zero-order chi connectivity index (χ0) is 33.9. The third kappa shape index (κ3) is 6.14. The van der Waals surface area contributed by atoms with Gasteiger partial charge in [-0.2, -0.15) is 8.42 Å². The first-order chi connectivity index (χ1) is 22.8. The van der Waals surface area contributed by atoms with E-state index in [1.165, 1.54) is 53.5 Å². The van der Waals surface area contributed by atoms with Crippen LogP contribution < -0.4 is 14.8 Å². The molecule has 48 heavy (non-hydrogen) atoms. The van der Waals surface area contributed by atoms with Crippen molar-refractivity contribution in [1.29, 1.82) is 0 Å². The van der Waals surface area contributed by atoms with Gasteiger partial charge < -0.3 is 20.1 Å². The van der Waals surface area contributed by atoms with E-state index in [4.69, 9.17) is 16.3 Å². The van der Waals surface area contributed by atoms with E-state index < -0.39 is 27.6 Å². The average Bonchev–Trinajstić information content (AvgIpc) is 3.98. The molecule has 1 saturated heterocycles. The van der Waals surface area contributed by atoms with Crippen molar-refractivity contribution in [3.8, 4) is 11.7 Å². The molecule has 0 aromatic carbocycles. The number of carboxylic acid groups (broad SMARTS) is 1. The van der Waals surface area contributed by atoms with Gasteiger partial charge in [-0.3, -0.25) is 4.79 Å². The van der Waals surface area contributed by atoms with Gasteiger partial charge in [-0.05, 0) is 112 Å². The van der Waals surface area contributed by atoms with Crippen molar-refractivity contribution in [3.63, 3.8) is 0 Å². The molecule has 7 rings (SSSR count). The molecule has 15 heteroatoms. The molecule has 4 heterocycles. The van der Waals surface area contributed by atoms with E-state index in [0.29, 0.717) is 54.5 Å². The van der Waals surface area contributed by atoms with Crippen LogP contribution in [0.25, 0.3) is 5.82 Å². The lowest BCUT2D eigenvalue weighted by Crippen LogP contribution is -2.41. The monoisotopic (exact) mass is 697 g/mol. The topological polar surface area (TPSA) is 169 Å². The Hall–Kier alpha value is -3.75. The van der Waals surface area contributed by atoms with Gasteiger partial charge in [0.2, 0.25) is 5.88 Å². The second-order valence-electron chi connectivity index (χ2n) is 14.3. The molecule has 2 amide bonds. The molecule has 1 aliphatic heterocycles. The quantitative estimate of drug-likeness (QED) is 0.169. The minimum Gasteiger partial charge on any atom is -0.477 e. The summed E-state index contributed by atoms with van der Waals surface area (Å²) in [5.74, 6) is 0.916. The summed E-state index contributed by atoms with van der Waals surface area (Å²) in [6.07, 6.45) is 8.87. The smallest absolute Gasteiger partial charge is 0.407 e. The maximum atomic E-state index is 13.1. The van der Waals surface area contributed by atoms with Gasteiger partial charge in [0.05, 0.1) is 17.9 Å². The summed E-state index contributed by atoms with van der Waals surface area (Å²) < 4.78 is 35.6. The molecular formula is C33H40ClN7O6S. The number of carbonyl (C=O) groups is 2. The fraction of sp³-hybridized carbons (Fsp3) is 0.545. The van der Waals surface area contributed by atoms with E-state index in [0.717, 1.165) is 25.2 Å². The Bertz CT molecular complexity index is 1840. The van der Waals surface area contributed by atoms with E-state index in [1.54, 1.807) is 24.4 Å². The summed E-state index contributed by atoms with van der Waals surface area (Å²) >= 11 is 6.33. The van der Waals surface area contributed by atoms with Gasteiger partial charge >= 0.3 is 6.09 Å². The number of fused-ring (bicyclic) bond motifs is 1. The van der Waals surface area contributed by atoms with Crippen LogP contribution in [-0.4, -0.2) is 75.4 Å². The minimum atomic E-state index is -4.31. The molecule has 4 aliphatic rings. The molecule has 2 spiro atoms. The summed E-state index contributed by atoms with van der Waals surface area (Å²) in [6.45, 7) is 5.87. The predicted molar refractivity (Wildman–Crippen MR) is 175 cm³/mol. The molecule has 0 radical (unpaired) electrons. The Morgan fingerprint density at radius 2 is 1.81 bits per heavy atom. The molecule has 3 aliphatic carbocycles. The van der Waals surface area contributed by atoms with Crippen LogP contribution >= 0.6 is 11.6 Å². The number of hydrogen-bond donors (Lipinski definition) is 3. The van der Waals surface area contributed by atoms with E-state index >= 15 is 0 Å². The fourth-order valence-electron chi connectivity index (χ4n) is 8.24. The zero-order valence-electron chi connectivity index (χ0n) is 27.0. The molecule has 13 nitrogen and oxygen atoms in total. The van der Waals surface area contributed by atoms with Gasteiger partial charge in [-0.25, -0.2) is 24.2 Å². The Morgan fingerprint density at radius 3 is 2.48 bits per heavy atom. The van der Waals surface area contributed by atoms with Gasteiger partial charge in [0, 0.05) is 30.9 Å². The molecule has 1 atom stereocenters. The Morgan fingerprint density at radius 1 is 1.06 bits per heavy atom. The van der Waals surface area contributed by atoms with Crippen LogP contribution in [0, 0.1) is 22.7 Å². The largest absolute Gasteiger partial charge is 0.477 e. The van der Waals surface area contributed by atoms with Crippen molar-refractivity contribution in [1.82, 2.24) is 34.7 Å². The maximum Gasteiger partial charge on any atom is 0.407 e.